The van der Waals surface area contributed by atoms with Gasteiger partial charge >= 0.3 is 11.7 Å². The molecule has 2 aromatic carbocycles. The fraction of sp³-hybridized carbons (Fsp3) is 0.133. The van der Waals surface area contributed by atoms with Crippen LogP contribution in [0.5, 0.6) is 17.2 Å². The van der Waals surface area contributed by atoms with Gasteiger partial charge in [0.25, 0.3) is 5.69 Å². The Morgan fingerprint density at radius 1 is 1.04 bits per heavy atom. The molecule has 25 heavy (non-hydrogen) atoms. The average Bonchev–Trinajstić information content (AvgIpc) is 2.56. The summed E-state index contributed by atoms with van der Waals surface area (Å²) >= 11 is 0. The number of carboxylic acid groups (broad SMARTS) is 1. The molecule has 130 valence electrons. The Hall–Kier alpha value is -3.69. The molecule has 0 aromatic heterocycles. The molecule has 0 saturated heterocycles. The van der Waals surface area contributed by atoms with Crippen molar-refractivity contribution in [1.29, 1.82) is 0 Å². The first kappa shape index (κ1) is 17.7. The number of aromatic carboxylic acids is 1. The van der Waals surface area contributed by atoms with E-state index in [-0.39, 0.29) is 29.4 Å². The predicted molar refractivity (Wildman–Crippen MR) is 84.4 cm³/mol. The Morgan fingerprint density at radius 2 is 1.72 bits per heavy atom. The summed E-state index contributed by atoms with van der Waals surface area (Å²) in [6.07, 6.45) is 0. The number of rotatable bonds is 7. The number of carbonyl (C=O) groups is 1. The van der Waals surface area contributed by atoms with Gasteiger partial charge in [0.1, 0.15) is 0 Å². The molecule has 0 atom stereocenters. The summed E-state index contributed by atoms with van der Waals surface area (Å²) in [6, 6.07) is 6.70. The third-order valence-electron chi connectivity index (χ3n) is 3.06. The van der Waals surface area contributed by atoms with Gasteiger partial charge in [-0.1, -0.05) is 0 Å². The number of nitrogens with zero attached hydrogens (tertiary/aromatic N) is 2. The van der Waals surface area contributed by atoms with Crippen molar-refractivity contribution in [2.45, 2.75) is 6.92 Å². The molecule has 0 amide bonds. The van der Waals surface area contributed by atoms with Gasteiger partial charge in [-0.15, -0.1) is 0 Å². The normalized spacial score (nSPS) is 10.1. The van der Waals surface area contributed by atoms with Gasteiger partial charge in [0.05, 0.1) is 28.1 Å². The van der Waals surface area contributed by atoms with Crippen molar-refractivity contribution in [2.24, 2.45) is 0 Å². The quantitative estimate of drug-likeness (QED) is 0.592. The number of ether oxygens (including phenoxy) is 2. The zero-order chi connectivity index (χ0) is 18.6. The highest BCUT2D eigenvalue weighted by molar-refractivity contribution is 5.88. The first-order chi connectivity index (χ1) is 11.8. The lowest BCUT2D eigenvalue weighted by molar-refractivity contribution is -0.394. The molecule has 0 radical (unpaired) electrons. The molecule has 2 aromatic rings. The van der Waals surface area contributed by atoms with E-state index in [0.717, 1.165) is 18.2 Å². The number of nitro groups is 2. The first-order valence-corrected chi connectivity index (χ1v) is 6.94. The van der Waals surface area contributed by atoms with Crippen molar-refractivity contribution < 1.29 is 29.2 Å². The van der Waals surface area contributed by atoms with Gasteiger partial charge in [0.15, 0.2) is 11.5 Å². The number of hydrogen-bond acceptors (Lipinski definition) is 7. The van der Waals surface area contributed by atoms with Gasteiger partial charge in [0.2, 0.25) is 5.75 Å². The summed E-state index contributed by atoms with van der Waals surface area (Å²) in [5.74, 6) is -1.28. The van der Waals surface area contributed by atoms with Gasteiger partial charge in [-0.25, -0.2) is 4.79 Å². The highest BCUT2D eigenvalue weighted by atomic mass is 16.6. The molecule has 2 rings (SSSR count). The number of non-ortho nitro benzene ring substituents is 1. The summed E-state index contributed by atoms with van der Waals surface area (Å²) in [4.78, 5) is 31.3. The fourth-order valence-corrected chi connectivity index (χ4v) is 1.96. The fourth-order valence-electron chi connectivity index (χ4n) is 1.96. The average molecular weight is 348 g/mol. The molecule has 0 saturated carbocycles. The molecule has 0 unspecified atom stereocenters. The lowest BCUT2D eigenvalue weighted by atomic mass is 10.2. The Labute approximate surface area is 140 Å². The smallest absolute Gasteiger partial charge is 0.335 e. The van der Waals surface area contributed by atoms with E-state index in [1.807, 2.05) is 0 Å². The Kier molecular flexibility index (Phi) is 5.12. The molecule has 0 fully saturated rings. The standard InChI is InChI=1S/C15H12N2O8/c1-2-24-14-7-9(15(18)19)3-5-13(14)25-12-6-4-10(16(20)21)8-11(12)17(22)23/h3-8H,2H2,1H3,(H,18,19). The van der Waals surface area contributed by atoms with E-state index in [0.29, 0.717) is 0 Å². The zero-order valence-corrected chi connectivity index (χ0v) is 12.9. The van der Waals surface area contributed by atoms with Gasteiger partial charge in [-0.05, 0) is 31.2 Å². The van der Waals surface area contributed by atoms with Crippen molar-refractivity contribution >= 4 is 17.3 Å². The number of benzene rings is 2. The molecule has 10 heteroatoms. The topological polar surface area (TPSA) is 142 Å². The second-order valence-corrected chi connectivity index (χ2v) is 4.67. The molecular weight excluding hydrogens is 336 g/mol. The molecule has 0 bridgehead atoms. The lowest BCUT2D eigenvalue weighted by Gasteiger charge is -2.12. The molecule has 1 N–H and O–H groups in total. The van der Waals surface area contributed by atoms with Gasteiger partial charge < -0.3 is 14.6 Å². The third kappa shape index (κ3) is 3.99. The van der Waals surface area contributed by atoms with Crippen LogP contribution in [0, 0.1) is 20.2 Å². The molecule has 0 spiro atoms. The van der Waals surface area contributed by atoms with E-state index in [9.17, 15) is 25.0 Å². The van der Waals surface area contributed by atoms with Crippen LogP contribution >= 0.6 is 0 Å². The maximum atomic E-state index is 11.1. The summed E-state index contributed by atoms with van der Waals surface area (Å²) in [7, 11) is 0. The Morgan fingerprint density at radius 3 is 2.28 bits per heavy atom. The molecule has 0 aliphatic heterocycles. The predicted octanol–water partition coefficient (Wildman–Crippen LogP) is 3.39. The van der Waals surface area contributed by atoms with E-state index < -0.39 is 27.2 Å². The third-order valence-corrected chi connectivity index (χ3v) is 3.06. The van der Waals surface area contributed by atoms with Crippen LogP contribution in [0.2, 0.25) is 0 Å². The number of carboxylic acids is 1. The van der Waals surface area contributed by atoms with Gasteiger partial charge in [-0.3, -0.25) is 20.2 Å². The second-order valence-electron chi connectivity index (χ2n) is 4.67. The summed E-state index contributed by atoms with van der Waals surface area (Å²) < 4.78 is 10.7. The van der Waals surface area contributed by atoms with E-state index in [2.05, 4.69) is 0 Å². The number of nitro benzene ring substituents is 2. The SMILES string of the molecule is CCOc1cc(C(=O)O)ccc1Oc1ccc([N+](=O)[O-])cc1[N+](=O)[O-]. The molecule has 10 nitrogen and oxygen atoms in total. The number of hydrogen-bond donors (Lipinski definition) is 1. The minimum Gasteiger partial charge on any atom is -0.490 e. The zero-order valence-electron chi connectivity index (χ0n) is 12.9. The highest BCUT2D eigenvalue weighted by Gasteiger charge is 2.22. The van der Waals surface area contributed by atoms with E-state index in [4.69, 9.17) is 14.6 Å². The molecule has 0 aliphatic carbocycles. The van der Waals surface area contributed by atoms with Crippen molar-refractivity contribution in [3.63, 3.8) is 0 Å². The molecule has 0 heterocycles. The highest BCUT2D eigenvalue weighted by Crippen LogP contribution is 2.38. The van der Waals surface area contributed by atoms with E-state index in [1.165, 1.54) is 18.2 Å². The van der Waals surface area contributed by atoms with Crippen LogP contribution < -0.4 is 9.47 Å². The van der Waals surface area contributed by atoms with Crippen LogP contribution in [0.15, 0.2) is 36.4 Å². The van der Waals surface area contributed by atoms with Crippen LogP contribution in [-0.2, 0) is 0 Å². The maximum absolute atomic E-state index is 11.1. The second kappa shape index (κ2) is 7.25. The van der Waals surface area contributed by atoms with Crippen LogP contribution in [0.25, 0.3) is 0 Å². The summed E-state index contributed by atoms with van der Waals surface area (Å²) in [5, 5.41) is 30.9. The van der Waals surface area contributed by atoms with Crippen molar-refractivity contribution in [1.82, 2.24) is 0 Å². The minimum atomic E-state index is -1.17. The Balaban J connectivity index is 2.46. The van der Waals surface area contributed by atoms with E-state index >= 15 is 0 Å². The largest absolute Gasteiger partial charge is 0.490 e. The maximum Gasteiger partial charge on any atom is 0.335 e. The van der Waals surface area contributed by atoms with Crippen LogP contribution in [0.1, 0.15) is 17.3 Å². The van der Waals surface area contributed by atoms with Gasteiger partial charge in [-0.2, -0.15) is 0 Å². The monoisotopic (exact) mass is 348 g/mol. The Bertz CT molecular complexity index is 849. The van der Waals surface area contributed by atoms with E-state index in [1.54, 1.807) is 6.92 Å². The lowest BCUT2D eigenvalue weighted by Crippen LogP contribution is -2.01. The summed E-state index contributed by atoms with van der Waals surface area (Å²) in [6.45, 7) is 1.88. The van der Waals surface area contributed by atoms with Crippen LogP contribution in [-0.4, -0.2) is 27.5 Å². The molecule has 0 aliphatic rings. The van der Waals surface area contributed by atoms with Crippen LogP contribution in [0.3, 0.4) is 0 Å². The van der Waals surface area contributed by atoms with Crippen molar-refractivity contribution in [3.05, 3.63) is 62.2 Å². The van der Waals surface area contributed by atoms with Crippen molar-refractivity contribution in [2.75, 3.05) is 6.61 Å². The molecular formula is C15H12N2O8. The summed E-state index contributed by atoms with van der Waals surface area (Å²) in [5.41, 5.74) is -1.10. The van der Waals surface area contributed by atoms with Crippen LogP contribution in [0.4, 0.5) is 11.4 Å². The van der Waals surface area contributed by atoms with Gasteiger partial charge in [0, 0.05) is 6.07 Å². The van der Waals surface area contributed by atoms with Crippen molar-refractivity contribution in [3.8, 4) is 17.2 Å². The first-order valence-electron chi connectivity index (χ1n) is 6.94. The minimum absolute atomic E-state index is 0.0452.